The molecule has 0 aliphatic heterocycles. The molecule has 0 fully saturated rings. The van der Waals surface area contributed by atoms with Crippen LogP contribution in [0.4, 0.5) is 39.5 Å². The summed E-state index contributed by atoms with van der Waals surface area (Å²) in [7, 11) is -3.73. The summed E-state index contributed by atoms with van der Waals surface area (Å²) in [6.45, 7) is 2.67. The maximum atomic E-state index is 13.4. The van der Waals surface area contributed by atoms with E-state index in [0.717, 1.165) is 30.2 Å². The van der Waals surface area contributed by atoms with Gasteiger partial charge in [0.2, 0.25) is 0 Å². The minimum atomic E-state index is -5.19. The van der Waals surface area contributed by atoms with E-state index in [-0.39, 0.29) is 23.8 Å². The van der Waals surface area contributed by atoms with Crippen molar-refractivity contribution < 1.29 is 61.6 Å². The summed E-state index contributed by atoms with van der Waals surface area (Å²) < 4.78 is 156. The Labute approximate surface area is 246 Å². The van der Waals surface area contributed by atoms with Gasteiger partial charge in [0, 0.05) is 18.2 Å². The third-order valence-corrected chi connectivity index (χ3v) is 7.68. The van der Waals surface area contributed by atoms with Crippen LogP contribution in [0.2, 0.25) is 0 Å². The van der Waals surface area contributed by atoms with Crippen LogP contribution < -0.4 is 8.92 Å². The van der Waals surface area contributed by atoms with Gasteiger partial charge in [-0.2, -0.15) is 47.9 Å². The van der Waals surface area contributed by atoms with E-state index < -0.39 is 80.0 Å². The van der Waals surface area contributed by atoms with E-state index in [4.69, 9.17) is 8.92 Å². The molecule has 240 valence electrons. The number of hydrogen-bond acceptors (Lipinski definition) is 5. The SMILES string of the molecule is CCC(C)N(Cc1ccc(OC)c(OS(=O)(=O)c2cccc(C(F)(F)F)c2)c1)C(=O)c1cc(C(F)(F)F)cc(C(F)(F)F)c1. The van der Waals surface area contributed by atoms with Gasteiger partial charge in [-0.05, 0) is 67.4 Å². The Morgan fingerprint density at radius 1 is 0.795 bits per heavy atom. The van der Waals surface area contributed by atoms with Crippen LogP contribution >= 0.6 is 0 Å². The van der Waals surface area contributed by atoms with Gasteiger partial charge in [0.1, 0.15) is 4.90 Å². The molecule has 1 unspecified atom stereocenters. The van der Waals surface area contributed by atoms with Crippen LogP contribution in [0.1, 0.15) is 52.9 Å². The monoisotopic (exact) mass is 657 g/mol. The highest BCUT2D eigenvalue weighted by molar-refractivity contribution is 7.87. The number of amides is 1. The second kappa shape index (κ2) is 12.6. The van der Waals surface area contributed by atoms with Gasteiger partial charge in [0.05, 0.1) is 23.8 Å². The average Bonchev–Trinajstić information content (AvgIpc) is 2.93. The van der Waals surface area contributed by atoms with Crippen LogP contribution in [-0.4, -0.2) is 32.4 Å². The number of methoxy groups -OCH3 is 1. The minimum Gasteiger partial charge on any atom is -0.493 e. The molecular weight excluding hydrogens is 633 g/mol. The molecule has 6 nitrogen and oxygen atoms in total. The second-order valence-corrected chi connectivity index (χ2v) is 11.1. The lowest BCUT2D eigenvalue weighted by Gasteiger charge is -2.29. The van der Waals surface area contributed by atoms with Crippen LogP contribution in [-0.2, 0) is 35.2 Å². The second-order valence-electron chi connectivity index (χ2n) is 9.53. The molecule has 0 heterocycles. The molecule has 3 rings (SSSR count). The van der Waals surface area contributed by atoms with Crippen molar-refractivity contribution in [3.8, 4) is 11.5 Å². The molecule has 0 saturated heterocycles. The summed E-state index contributed by atoms with van der Waals surface area (Å²) in [6.07, 6.45) is -15.0. The van der Waals surface area contributed by atoms with Gasteiger partial charge in [-0.3, -0.25) is 4.79 Å². The quantitative estimate of drug-likeness (QED) is 0.173. The zero-order chi connectivity index (χ0) is 33.3. The van der Waals surface area contributed by atoms with Crippen molar-refractivity contribution >= 4 is 16.0 Å². The molecule has 1 atom stereocenters. The molecule has 0 aliphatic rings. The van der Waals surface area contributed by atoms with Gasteiger partial charge in [-0.1, -0.05) is 19.1 Å². The predicted molar refractivity (Wildman–Crippen MR) is 138 cm³/mol. The largest absolute Gasteiger partial charge is 0.493 e. The smallest absolute Gasteiger partial charge is 0.416 e. The molecule has 3 aromatic rings. The first-order valence-electron chi connectivity index (χ1n) is 12.6. The number of nitrogens with zero attached hydrogens (tertiary/aromatic N) is 1. The fraction of sp³-hybridized carbons (Fsp3) is 0.321. The molecule has 0 radical (unpaired) electrons. The number of carbonyl (C=O) groups excluding carboxylic acids is 1. The molecule has 3 aromatic carbocycles. The fourth-order valence-electron chi connectivity index (χ4n) is 3.97. The number of ether oxygens (including phenoxy) is 1. The standard InChI is InChI=1S/C28H24F9NO5S/c1-4-16(2)38(25(39)18-11-20(27(32,33)34)13-21(12-18)28(35,36)37)15-17-8-9-23(42-3)24(10-17)43-44(40,41)22-7-5-6-19(14-22)26(29,30)31/h5-14,16H,4,15H2,1-3H3. The summed E-state index contributed by atoms with van der Waals surface area (Å²) in [6, 6.07) is 6.12. The summed E-state index contributed by atoms with van der Waals surface area (Å²) in [5, 5.41) is 0. The van der Waals surface area contributed by atoms with Crippen molar-refractivity contribution in [1.29, 1.82) is 0 Å². The number of alkyl halides is 9. The Kier molecular flexibility index (Phi) is 9.87. The topological polar surface area (TPSA) is 72.9 Å². The predicted octanol–water partition coefficient (Wildman–Crippen LogP) is 7.96. The van der Waals surface area contributed by atoms with Crippen LogP contribution in [0.25, 0.3) is 0 Å². The number of carbonyl (C=O) groups is 1. The number of halogens is 9. The van der Waals surface area contributed by atoms with Crippen molar-refractivity contribution in [2.24, 2.45) is 0 Å². The summed E-state index contributed by atoms with van der Waals surface area (Å²) in [4.78, 5) is 13.5. The van der Waals surface area contributed by atoms with Gasteiger partial charge in [0.15, 0.2) is 11.5 Å². The molecule has 44 heavy (non-hydrogen) atoms. The zero-order valence-electron chi connectivity index (χ0n) is 23.1. The van der Waals surface area contributed by atoms with Crippen LogP contribution in [0, 0.1) is 0 Å². The van der Waals surface area contributed by atoms with Crippen LogP contribution in [0.5, 0.6) is 11.5 Å². The van der Waals surface area contributed by atoms with E-state index in [9.17, 15) is 52.7 Å². The molecule has 0 aromatic heterocycles. The number of benzene rings is 3. The summed E-state index contributed by atoms with van der Waals surface area (Å²) in [5.74, 6) is -1.86. The normalized spacial score (nSPS) is 13.4. The first kappa shape index (κ1) is 34.5. The van der Waals surface area contributed by atoms with Gasteiger partial charge >= 0.3 is 28.6 Å². The summed E-state index contributed by atoms with van der Waals surface area (Å²) in [5.41, 5.74) is -5.39. The third-order valence-electron chi connectivity index (χ3n) is 6.45. The Bertz CT molecular complexity index is 1580. The molecule has 0 spiro atoms. The van der Waals surface area contributed by atoms with Gasteiger partial charge in [-0.25, -0.2) is 0 Å². The van der Waals surface area contributed by atoms with E-state index in [0.29, 0.717) is 24.3 Å². The van der Waals surface area contributed by atoms with E-state index in [1.807, 2.05) is 0 Å². The first-order valence-corrected chi connectivity index (χ1v) is 14.0. The van der Waals surface area contributed by atoms with Crippen molar-refractivity contribution in [2.75, 3.05) is 7.11 Å². The average molecular weight is 658 g/mol. The van der Waals surface area contributed by atoms with Gasteiger partial charge in [-0.15, -0.1) is 0 Å². The summed E-state index contributed by atoms with van der Waals surface area (Å²) >= 11 is 0. The van der Waals surface area contributed by atoms with Crippen molar-refractivity contribution in [3.05, 3.63) is 88.5 Å². The van der Waals surface area contributed by atoms with E-state index in [2.05, 4.69) is 0 Å². The highest BCUT2D eigenvalue weighted by atomic mass is 32.2. The van der Waals surface area contributed by atoms with Crippen molar-refractivity contribution in [2.45, 2.75) is 56.3 Å². The number of rotatable bonds is 9. The fourth-order valence-corrected chi connectivity index (χ4v) is 4.95. The lowest BCUT2D eigenvalue weighted by molar-refractivity contribution is -0.143. The molecular formula is C28H24F9NO5S. The molecule has 0 aliphatic carbocycles. The van der Waals surface area contributed by atoms with Gasteiger partial charge in [0.25, 0.3) is 5.91 Å². The minimum absolute atomic E-state index is 0.108. The number of hydrogen-bond donors (Lipinski definition) is 0. The van der Waals surface area contributed by atoms with Crippen molar-refractivity contribution in [3.63, 3.8) is 0 Å². The Morgan fingerprint density at radius 2 is 1.36 bits per heavy atom. The molecule has 0 N–H and O–H groups in total. The maximum absolute atomic E-state index is 13.4. The highest BCUT2D eigenvalue weighted by Gasteiger charge is 2.38. The molecule has 1 amide bonds. The lowest BCUT2D eigenvalue weighted by atomic mass is 10.0. The Hall–Kier alpha value is -3.95. The van der Waals surface area contributed by atoms with E-state index in [1.54, 1.807) is 6.92 Å². The van der Waals surface area contributed by atoms with E-state index in [1.165, 1.54) is 19.1 Å². The Morgan fingerprint density at radius 3 is 1.86 bits per heavy atom. The van der Waals surface area contributed by atoms with E-state index >= 15 is 0 Å². The first-order chi connectivity index (χ1) is 20.2. The maximum Gasteiger partial charge on any atom is 0.416 e. The third kappa shape index (κ3) is 8.15. The van der Waals surface area contributed by atoms with Gasteiger partial charge < -0.3 is 13.8 Å². The molecule has 0 bridgehead atoms. The lowest BCUT2D eigenvalue weighted by Crippen LogP contribution is -2.38. The van der Waals surface area contributed by atoms with Crippen LogP contribution in [0.15, 0.2) is 65.6 Å². The molecule has 16 heteroatoms. The van der Waals surface area contributed by atoms with Crippen molar-refractivity contribution in [1.82, 2.24) is 4.90 Å². The highest BCUT2D eigenvalue weighted by Crippen LogP contribution is 2.38. The zero-order valence-corrected chi connectivity index (χ0v) is 23.9. The van der Waals surface area contributed by atoms with Crippen LogP contribution in [0.3, 0.4) is 0 Å². The Balaban J connectivity index is 2.03. The molecule has 0 saturated carbocycles.